The maximum atomic E-state index is 10.7. The number of rotatable bonds is 1. The second-order valence-corrected chi connectivity index (χ2v) is 2.40. The van der Waals surface area contributed by atoms with E-state index in [1.807, 2.05) is 0 Å². The Balaban J connectivity index is 0.00000121. The molecule has 1 aliphatic rings. The minimum absolute atomic E-state index is 0. The van der Waals surface area contributed by atoms with Gasteiger partial charge in [0.05, 0.1) is 5.97 Å². The molecule has 3 nitrogen and oxygen atoms in total. The van der Waals surface area contributed by atoms with Gasteiger partial charge in [-0.05, 0) is 24.1 Å². The average molecular weight is 174 g/mol. The number of ketones is 1. The number of allylic oxidation sites excluding steroid dienone is 2. The zero-order valence-electron chi connectivity index (χ0n) is 7.09. The molecule has 0 aliphatic heterocycles. The number of carbonyl (C=O) groups is 2. The molecule has 58 valence electrons. The summed E-state index contributed by atoms with van der Waals surface area (Å²) in [4.78, 5) is 21.0. The van der Waals surface area contributed by atoms with Gasteiger partial charge in [0.15, 0.2) is 5.78 Å². The van der Waals surface area contributed by atoms with Crippen molar-refractivity contribution in [3.63, 3.8) is 0 Å². The summed E-state index contributed by atoms with van der Waals surface area (Å²) in [5, 5.41) is 10.3. The number of carboxylic acids is 1. The number of carboxylic acid groups (broad SMARTS) is 1. The molecule has 0 aromatic rings. The van der Waals surface area contributed by atoms with Crippen LogP contribution in [0.5, 0.6) is 0 Å². The van der Waals surface area contributed by atoms with Crippen LogP contribution in [0, 0.1) is 0 Å². The summed E-state index contributed by atoms with van der Waals surface area (Å²) in [5.41, 5.74) is 0.603. The van der Waals surface area contributed by atoms with Crippen LogP contribution in [0.4, 0.5) is 0 Å². The first kappa shape index (κ1) is 11.6. The van der Waals surface area contributed by atoms with Crippen LogP contribution >= 0.6 is 0 Å². The largest absolute Gasteiger partial charge is 1.00 e. The Hall–Kier alpha value is -0.380. The number of hydrogen-bond acceptors (Lipinski definition) is 3. The molecule has 0 saturated heterocycles. The Bertz CT molecular complexity index is 276. The van der Waals surface area contributed by atoms with Gasteiger partial charge in [-0.25, -0.2) is 0 Å². The van der Waals surface area contributed by atoms with Gasteiger partial charge in [0.2, 0.25) is 0 Å². The first-order chi connectivity index (χ1) is 5.11. The average Bonchev–Trinajstić information content (AvgIpc) is 1.85. The van der Waals surface area contributed by atoms with Crippen molar-refractivity contribution in [1.29, 1.82) is 0 Å². The van der Waals surface area contributed by atoms with Gasteiger partial charge in [-0.1, -0.05) is 6.08 Å². The van der Waals surface area contributed by atoms with Crippen LogP contribution in [-0.4, -0.2) is 11.8 Å². The maximum absolute atomic E-state index is 10.7. The van der Waals surface area contributed by atoms with E-state index in [0.29, 0.717) is 5.57 Å². The zero-order chi connectivity index (χ0) is 8.43. The predicted octanol–water partition coefficient (Wildman–Crippen LogP) is -3.41. The monoisotopic (exact) mass is 174 g/mol. The standard InChI is InChI=1S/C8H8O3.Na/c1-5-4-6(9)2-3-7(5)8(10)11;/h3-4H,2H2,1H3,(H,10,11);/q;+1/p-1. The number of hydrogen-bond donors (Lipinski definition) is 0. The van der Waals surface area contributed by atoms with E-state index in [4.69, 9.17) is 0 Å². The molecule has 0 fully saturated rings. The number of aliphatic carboxylic acids is 1. The summed E-state index contributed by atoms with van der Waals surface area (Å²) >= 11 is 0. The van der Waals surface area contributed by atoms with E-state index in [0.717, 1.165) is 0 Å². The van der Waals surface area contributed by atoms with E-state index in [1.165, 1.54) is 12.2 Å². The van der Waals surface area contributed by atoms with Gasteiger partial charge in [0.1, 0.15) is 0 Å². The molecule has 12 heavy (non-hydrogen) atoms. The molecular weight excluding hydrogens is 167 g/mol. The smallest absolute Gasteiger partial charge is 0.545 e. The summed E-state index contributed by atoms with van der Waals surface area (Å²) in [5.74, 6) is -1.28. The molecule has 0 bridgehead atoms. The fourth-order valence-corrected chi connectivity index (χ4v) is 0.986. The predicted molar refractivity (Wildman–Crippen MR) is 36.5 cm³/mol. The van der Waals surface area contributed by atoms with Crippen LogP contribution in [-0.2, 0) is 9.59 Å². The fraction of sp³-hybridized carbons (Fsp3) is 0.250. The zero-order valence-corrected chi connectivity index (χ0v) is 9.09. The number of carbonyl (C=O) groups excluding carboxylic acids is 2. The van der Waals surface area contributed by atoms with Crippen LogP contribution < -0.4 is 34.7 Å². The van der Waals surface area contributed by atoms with E-state index in [2.05, 4.69) is 0 Å². The van der Waals surface area contributed by atoms with Crippen molar-refractivity contribution in [2.45, 2.75) is 13.3 Å². The third kappa shape index (κ3) is 2.59. The van der Waals surface area contributed by atoms with Crippen molar-refractivity contribution in [3.8, 4) is 0 Å². The van der Waals surface area contributed by atoms with E-state index < -0.39 is 5.97 Å². The summed E-state index contributed by atoms with van der Waals surface area (Å²) in [7, 11) is 0. The van der Waals surface area contributed by atoms with Crippen LogP contribution in [0.1, 0.15) is 13.3 Å². The van der Waals surface area contributed by atoms with Crippen molar-refractivity contribution in [3.05, 3.63) is 23.3 Å². The van der Waals surface area contributed by atoms with Crippen LogP contribution in [0.15, 0.2) is 23.3 Å². The Morgan fingerprint density at radius 2 is 2.17 bits per heavy atom. The van der Waals surface area contributed by atoms with Gasteiger partial charge in [0, 0.05) is 6.42 Å². The van der Waals surface area contributed by atoms with Gasteiger partial charge in [-0.3, -0.25) is 4.79 Å². The van der Waals surface area contributed by atoms with Crippen molar-refractivity contribution in [2.24, 2.45) is 0 Å². The summed E-state index contributed by atoms with van der Waals surface area (Å²) in [6.45, 7) is 1.58. The van der Waals surface area contributed by atoms with Crippen molar-refractivity contribution >= 4 is 11.8 Å². The van der Waals surface area contributed by atoms with E-state index >= 15 is 0 Å². The van der Waals surface area contributed by atoms with Gasteiger partial charge in [-0.15, -0.1) is 0 Å². The van der Waals surface area contributed by atoms with Crippen molar-refractivity contribution < 1.29 is 44.3 Å². The van der Waals surface area contributed by atoms with Gasteiger partial charge >= 0.3 is 29.6 Å². The SMILES string of the molecule is CC1=CC(=O)CC=C1C(=O)[O-].[Na+]. The van der Waals surface area contributed by atoms with Crippen LogP contribution in [0.25, 0.3) is 0 Å². The van der Waals surface area contributed by atoms with Gasteiger partial charge in [0.25, 0.3) is 0 Å². The maximum Gasteiger partial charge on any atom is 1.00 e. The quantitative estimate of drug-likeness (QED) is 0.389. The second kappa shape index (κ2) is 4.60. The third-order valence-corrected chi connectivity index (χ3v) is 1.53. The molecule has 1 rings (SSSR count). The molecule has 0 unspecified atom stereocenters. The summed E-state index contributed by atoms with van der Waals surface area (Å²) < 4.78 is 0. The third-order valence-electron chi connectivity index (χ3n) is 1.53. The molecule has 4 heteroatoms. The van der Waals surface area contributed by atoms with Gasteiger partial charge < -0.3 is 9.90 Å². The fourth-order valence-electron chi connectivity index (χ4n) is 0.986. The van der Waals surface area contributed by atoms with Crippen molar-refractivity contribution in [2.75, 3.05) is 0 Å². The van der Waals surface area contributed by atoms with Crippen LogP contribution in [0.2, 0.25) is 0 Å². The van der Waals surface area contributed by atoms with Crippen molar-refractivity contribution in [1.82, 2.24) is 0 Å². The molecule has 0 N–H and O–H groups in total. The summed E-state index contributed by atoms with van der Waals surface area (Å²) in [6.07, 6.45) is 2.87. The first-order valence-electron chi connectivity index (χ1n) is 3.24. The molecule has 0 saturated carbocycles. The molecule has 0 radical (unpaired) electrons. The molecule has 0 aromatic carbocycles. The molecule has 0 spiro atoms. The van der Waals surface area contributed by atoms with E-state index in [9.17, 15) is 14.7 Å². The molecule has 0 amide bonds. The molecule has 1 aliphatic carbocycles. The van der Waals surface area contributed by atoms with Crippen LogP contribution in [0.3, 0.4) is 0 Å². The topological polar surface area (TPSA) is 57.2 Å². The Morgan fingerprint density at radius 3 is 2.58 bits per heavy atom. The minimum atomic E-state index is -1.22. The Labute approximate surface area is 92.4 Å². The molecular formula is C8H7NaO3. The Morgan fingerprint density at radius 1 is 1.58 bits per heavy atom. The normalized spacial score (nSPS) is 15.9. The van der Waals surface area contributed by atoms with E-state index in [1.54, 1.807) is 6.92 Å². The van der Waals surface area contributed by atoms with E-state index in [-0.39, 0.29) is 47.3 Å². The van der Waals surface area contributed by atoms with Gasteiger partial charge in [-0.2, -0.15) is 0 Å². The second-order valence-electron chi connectivity index (χ2n) is 2.40. The minimum Gasteiger partial charge on any atom is -0.545 e. The Kier molecular flexibility index (Phi) is 4.45. The first-order valence-corrected chi connectivity index (χ1v) is 3.24. The molecule has 0 aromatic heterocycles. The molecule has 0 atom stereocenters. The molecule has 0 heterocycles. The summed E-state index contributed by atoms with van der Waals surface area (Å²) in [6, 6.07) is 0.